The molecule has 3 aromatic rings. The molecule has 2 N–H and O–H groups in total. The number of halogens is 2. The molecule has 1 aliphatic heterocycles. The van der Waals surface area contributed by atoms with E-state index in [1.54, 1.807) is 0 Å². The van der Waals surface area contributed by atoms with Gasteiger partial charge in [-0.25, -0.2) is 0 Å². The molecular formula is C26H24I2N2O2S. The second-order valence-corrected chi connectivity index (χ2v) is 11.2. The van der Waals surface area contributed by atoms with Gasteiger partial charge in [0.25, 0.3) is 5.91 Å². The lowest BCUT2D eigenvalue weighted by atomic mass is 10.1. The summed E-state index contributed by atoms with van der Waals surface area (Å²) in [5.74, 6) is 0.811. The predicted octanol–water partition coefficient (Wildman–Crippen LogP) is 6.95. The van der Waals surface area contributed by atoms with Crippen molar-refractivity contribution in [3.8, 4) is 5.75 Å². The van der Waals surface area contributed by atoms with E-state index in [2.05, 4.69) is 112 Å². The third-order valence-electron chi connectivity index (χ3n) is 5.17. The van der Waals surface area contributed by atoms with Crippen LogP contribution in [0.15, 0.2) is 65.6 Å². The van der Waals surface area contributed by atoms with E-state index in [0.29, 0.717) is 11.5 Å². The molecule has 0 saturated carbocycles. The summed E-state index contributed by atoms with van der Waals surface area (Å²) in [4.78, 5) is 13.2. The lowest BCUT2D eigenvalue weighted by molar-refractivity contribution is -0.116. The van der Waals surface area contributed by atoms with Gasteiger partial charge in [0.05, 0.1) is 12.0 Å². The zero-order chi connectivity index (χ0) is 23.4. The first-order valence-corrected chi connectivity index (χ1v) is 13.7. The molecule has 0 spiro atoms. The number of carbonyl (C=O) groups is 1. The Morgan fingerprint density at radius 1 is 1.06 bits per heavy atom. The van der Waals surface area contributed by atoms with E-state index in [0.717, 1.165) is 36.1 Å². The van der Waals surface area contributed by atoms with Crippen LogP contribution in [0.25, 0.3) is 6.08 Å². The molecule has 0 aromatic heterocycles. The number of anilines is 1. The van der Waals surface area contributed by atoms with Crippen LogP contribution in [0.5, 0.6) is 5.75 Å². The van der Waals surface area contributed by atoms with Gasteiger partial charge in [-0.05, 0) is 106 Å². The van der Waals surface area contributed by atoms with Gasteiger partial charge in [-0.3, -0.25) is 4.79 Å². The minimum Gasteiger partial charge on any atom is -0.487 e. The number of carbonyl (C=O) groups excluding carboxylic acids is 1. The molecule has 0 bridgehead atoms. The van der Waals surface area contributed by atoms with Crippen molar-refractivity contribution in [2.45, 2.75) is 32.4 Å². The van der Waals surface area contributed by atoms with Gasteiger partial charge in [0.15, 0.2) is 5.50 Å². The lowest BCUT2D eigenvalue weighted by Crippen LogP contribution is -2.30. The molecule has 1 fully saturated rings. The van der Waals surface area contributed by atoms with Crippen molar-refractivity contribution in [2.75, 3.05) is 5.32 Å². The Balaban J connectivity index is 1.44. The molecule has 1 amide bonds. The molecule has 170 valence electrons. The van der Waals surface area contributed by atoms with Crippen LogP contribution in [-0.2, 0) is 17.8 Å². The SMILES string of the molecule is CCc1ccc(N[C@H]2NC(=O)/C(=C/c3cc(I)c(OCc4cccc(C)c4)c(I)c3)S2)cc1. The smallest absolute Gasteiger partial charge is 0.260 e. The fraction of sp³-hybridized carbons (Fsp3) is 0.192. The third kappa shape index (κ3) is 6.45. The molecule has 3 aromatic carbocycles. The quantitative estimate of drug-likeness (QED) is 0.210. The van der Waals surface area contributed by atoms with Gasteiger partial charge in [-0.1, -0.05) is 60.6 Å². The molecule has 0 unspecified atom stereocenters. The molecule has 4 nitrogen and oxygen atoms in total. The molecule has 4 rings (SSSR count). The fourth-order valence-electron chi connectivity index (χ4n) is 3.46. The number of hydrogen-bond acceptors (Lipinski definition) is 4. The van der Waals surface area contributed by atoms with Gasteiger partial charge in [-0.2, -0.15) is 0 Å². The number of amides is 1. The van der Waals surface area contributed by atoms with Gasteiger partial charge in [0.2, 0.25) is 0 Å². The molecule has 0 aliphatic carbocycles. The maximum atomic E-state index is 12.5. The van der Waals surface area contributed by atoms with E-state index >= 15 is 0 Å². The minimum absolute atomic E-state index is 0.0625. The zero-order valence-corrected chi connectivity index (χ0v) is 23.5. The Labute approximate surface area is 226 Å². The predicted molar refractivity (Wildman–Crippen MR) is 154 cm³/mol. The highest BCUT2D eigenvalue weighted by atomic mass is 127. The standard InChI is InChI=1S/C26H24I2N2O2S/c1-3-17-7-9-20(10-8-17)29-26-30-25(31)23(33-26)14-19-12-21(27)24(22(28)13-19)32-15-18-6-4-5-16(2)11-18/h4-14,26,29H,3,15H2,1-2H3,(H,30,31)/b23-14-/t26-/m0/s1. The first-order valence-electron chi connectivity index (χ1n) is 10.6. The third-order valence-corrected chi connectivity index (χ3v) is 7.81. The highest BCUT2D eigenvalue weighted by Crippen LogP contribution is 2.34. The van der Waals surface area contributed by atoms with E-state index in [1.807, 2.05) is 24.3 Å². The number of ether oxygens (including phenoxy) is 1. The number of thioether (sulfide) groups is 1. The molecular weight excluding hydrogens is 658 g/mol. The van der Waals surface area contributed by atoms with Crippen LogP contribution >= 0.6 is 56.9 Å². The Kier molecular flexibility index (Phi) is 8.24. The van der Waals surface area contributed by atoms with Gasteiger partial charge >= 0.3 is 0 Å². The van der Waals surface area contributed by atoms with Crippen molar-refractivity contribution in [3.63, 3.8) is 0 Å². The summed E-state index contributed by atoms with van der Waals surface area (Å²) in [6.07, 6.45) is 2.95. The number of rotatable bonds is 7. The number of nitrogens with one attached hydrogen (secondary N) is 2. The summed E-state index contributed by atoms with van der Waals surface area (Å²) in [6.45, 7) is 4.75. The van der Waals surface area contributed by atoms with Crippen LogP contribution in [0.3, 0.4) is 0 Å². The normalized spacial score (nSPS) is 16.7. The first kappa shape index (κ1) is 24.4. The van der Waals surface area contributed by atoms with Crippen molar-refractivity contribution in [1.29, 1.82) is 0 Å². The van der Waals surface area contributed by atoms with Crippen molar-refractivity contribution < 1.29 is 9.53 Å². The van der Waals surface area contributed by atoms with Crippen molar-refractivity contribution in [3.05, 3.63) is 95.0 Å². The average Bonchev–Trinajstić information content (AvgIpc) is 3.12. The maximum Gasteiger partial charge on any atom is 0.260 e. The van der Waals surface area contributed by atoms with Crippen LogP contribution in [0.1, 0.15) is 29.2 Å². The molecule has 1 aliphatic rings. The topological polar surface area (TPSA) is 50.4 Å². The van der Waals surface area contributed by atoms with Gasteiger partial charge in [-0.15, -0.1) is 0 Å². The fourth-order valence-corrected chi connectivity index (χ4v) is 6.58. The van der Waals surface area contributed by atoms with Crippen molar-refractivity contribution in [2.24, 2.45) is 0 Å². The number of aryl methyl sites for hydroxylation is 2. The Bertz CT molecular complexity index is 1170. The molecule has 7 heteroatoms. The van der Waals surface area contributed by atoms with E-state index in [9.17, 15) is 4.79 Å². The zero-order valence-electron chi connectivity index (χ0n) is 18.3. The molecule has 33 heavy (non-hydrogen) atoms. The summed E-state index contributed by atoms with van der Waals surface area (Å²) in [6, 6.07) is 20.8. The summed E-state index contributed by atoms with van der Waals surface area (Å²) >= 11 is 6.09. The molecule has 0 radical (unpaired) electrons. The van der Waals surface area contributed by atoms with Crippen LogP contribution in [0.4, 0.5) is 5.69 Å². The highest BCUT2D eigenvalue weighted by Gasteiger charge is 2.27. The van der Waals surface area contributed by atoms with Crippen LogP contribution < -0.4 is 15.4 Å². The second kappa shape index (κ2) is 11.1. The van der Waals surface area contributed by atoms with Gasteiger partial charge < -0.3 is 15.4 Å². The monoisotopic (exact) mass is 682 g/mol. The van der Waals surface area contributed by atoms with E-state index in [-0.39, 0.29) is 11.4 Å². The van der Waals surface area contributed by atoms with E-state index < -0.39 is 0 Å². The summed E-state index contributed by atoms with van der Waals surface area (Å²) in [5.41, 5.74) is 5.45. The van der Waals surface area contributed by atoms with Crippen molar-refractivity contribution in [1.82, 2.24) is 5.32 Å². The van der Waals surface area contributed by atoms with Crippen molar-refractivity contribution >= 4 is 74.6 Å². The van der Waals surface area contributed by atoms with Crippen LogP contribution in [0.2, 0.25) is 0 Å². The average molecular weight is 682 g/mol. The molecule has 1 saturated heterocycles. The Morgan fingerprint density at radius 3 is 2.45 bits per heavy atom. The molecule has 1 atom stereocenters. The second-order valence-electron chi connectivity index (χ2n) is 7.77. The van der Waals surface area contributed by atoms with Gasteiger partial charge in [0, 0.05) is 5.69 Å². The largest absolute Gasteiger partial charge is 0.487 e. The summed E-state index contributed by atoms with van der Waals surface area (Å²) in [5, 5.41) is 6.37. The van der Waals surface area contributed by atoms with E-state index in [1.165, 1.54) is 22.9 Å². The number of benzene rings is 3. The van der Waals surface area contributed by atoms with Gasteiger partial charge in [0.1, 0.15) is 12.4 Å². The minimum atomic E-state index is -0.189. The molecule has 1 heterocycles. The summed E-state index contributed by atoms with van der Waals surface area (Å²) in [7, 11) is 0. The number of hydrogen-bond donors (Lipinski definition) is 2. The lowest BCUT2D eigenvalue weighted by Gasteiger charge is -2.13. The summed E-state index contributed by atoms with van der Waals surface area (Å²) < 4.78 is 8.17. The maximum absolute atomic E-state index is 12.5. The van der Waals surface area contributed by atoms with Crippen LogP contribution in [-0.4, -0.2) is 11.4 Å². The first-order chi connectivity index (χ1) is 15.9. The van der Waals surface area contributed by atoms with Crippen LogP contribution in [0, 0.1) is 14.1 Å². The Hall–Kier alpha value is -1.72. The van der Waals surface area contributed by atoms with E-state index in [4.69, 9.17) is 4.74 Å². The Morgan fingerprint density at radius 2 is 1.79 bits per heavy atom. The highest BCUT2D eigenvalue weighted by molar-refractivity contribution is 14.1.